The first-order chi connectivity index (χ1) is 10.7. The molecule has 1 saturated carbocycles. The summed E-state index contributed by atoms with van der Waals surface area (Å²) < 4.78 is 7.39. The fourth-order valence-corrected chi connectivity index (χ4v) is 3.48. The van der Waals surface area contributed by atoms with Gasteiger partial charge in [-0.1, -0.05) is 5.21 Å². The summed E-state index contributed by atoms with van der Waals surface area (Å²) in [5.41, 5.74) is -0.196. The number of morpholine rings is 1. The van der Waals surface area contributed by atoms with Crippen LogP contribution < -0.4 is 0 Å². The van der Waals surface area contributed by atoms with E-state index in [9.17, 15) is 9.90 Å². The van der Waals surface area contributed by atoms with Crippen LogP contribution in [0.2, 0.25) is 0 Å². The summed E-state index contributed by atoms with van der Waals surface area (Å²) in [6.45, 7) is 7.33. The molecule has 0 aromatic carbocycles. The van der Waals surface area contributed by atoms with Gasteiger partial charge >= 0.3 is 0 Å². The standard InChI is InChI=1S/C16H26N4O3/c1-12-8-19(11-15(2,3)23-12)14(21)10-20-9-13(17-18-20)7-16(22)5-4-6-16/h9,12,22H,4-8,10-11H2,1-3H3. The van der Waals surface area contributed by atoms with Crippen molar-refractivity contribution >= 4 is 5.91 Å². The van der Waals surface area contributed by atoms with E-state index in [1.165, 1.54) is 0 Å². The first-order valence-corrected chi connectivity index (χ1v) is 8.32. The molecule has 1 aliphatic carbocycles. The zero-order valence-corrected chi connectivity index (χ0v) is 14.2. The average molecular weight is 322 g/mol. The number of amides is 1. The van der Waals surface area contributed by atoms with Crippen LogP contribution in [0.1, 0.15) is 45.7 Å². The summed E-state index contributed by atoms with van der Waals surface area (Å²) in [4.78, 5) is 14.3. The molecule has 2 heterocycles. The van der Waals surface area contributed by atoms with E-state index in [1.807, 2.05) is 25.7 Å². The Morgan fingerprint density at radius 3 is 2.83 bits per heavy atom. The number of ether oxygens (including phenoxy) is 1. The molecule has 0 bridgehead atoms. The second-order valence-electron chi connectivity index (χ2n) is 7.62. The minimum Gasteiger partial charge on any atom is -0.389 e. The zero-order valence-electron chi connectivity index (χ0n) is 14.2. The average Bonchev–Trinajstić information content (AvgIpc) is 2.81. The molecule has 1 aliphatic heterocycles. The summed E-state index contributed by atoms with van der Waals surface area (Å²) in [5, 5.41) is 18.3. The number of hydrogen-bond acceptors (Lipinski definition) is 5. The van der Waals surface area contributed by atoms with Gasteiger partial charge < -0.3 is 14.7 Å². The molecule has 1 saturated heterocycles. The van der Waals surface area contributed by atoms with E-state index >= 15 is 0 Å². The largest absolute Gasteiger partial charge is 0.389 e. The number of aliphatic hydroxyl groups is 1. The molecular weight excluding hydrogens is 296 g/mol. The number of hydrogen-bond donors (Lipinski definition) is 1. The van der Waals surface area contributed by atoms with Crippen LogP contribution in [-0.4, -0.2) is 61.3 Å². The van der Waals surface area contributed by atoms with Gasteiger partial charge in [-0.05, 0) is 40.0 Å². The van der Waals surface area contributed by atoms with E-state index < -0.39 is 5.60 Å². The van der Waals surface area contributed by atoms with Crippen molar-refractivity contribution < 1.29 is 14.6 Å². The maximum atomic E-state index is 12.5. The Hall–Kier alpha value is -1.47. The third kappa shape index (κ3) is 3.90. The highest BCUT2D eigenvalue weighted by molar-refractivity contribution is 5.76. The highest BCUT2D eigenvalue weighted by Crippen LogP contribution is 2.34. The molecule has 1 N–H and O–H groups in total. The highest BCUT2D eigenvalue weighted by atomic mass is 16.5. The van der Waals surface area contributed by atoms with Crippen LogP contribution >= 0.6 is 0 Å². The Bertz CT molecular complexity index is 580. The SMILES string of the molecule is CC1CN(C(=O)Cn2cc(CC3(O)CCC3)nn2)CC(C)(C)O1. The molecule has 0 spiro atoms. The second kappa shape index (κ2) is 5.87. The smallest absolute Gasteiger partial charge is 0.244 e. The van der Waals surface area contributed by atoms with Crippen LogP contribution in [0.15, 0.2) is 6.20 Å². The summed E-state index contributed by atoms with van der Waals surface area (Å²) in [7, 11) is 0. The van der Waals surface area contributed by atoms with Gasteiger partial charge in [0.15, 0.2) is 0 Å². The molecule has 1 aromatic heterocycles. The van der Waals surface area contributed by atoms with Crippen molar-refractivity contribution in [1.82, 2.24) is 19.9 Å². The van der Waals surface area contributed by atoms with E-state index in [0.717, 1.165) is 25.0 Å². The first-order valence-electron chi connectivity index (χ1n) is 8.32. The minimum absolute atomic E-state index is 0.0204. The van der Waals surface area contributed by atoms with Gasteiger partial charge in [-0.25, -0.2) is 4.68 Å². The van der Waals surface area contributed by atoms with E-state index in [0.29, 0.717) is 19.5 Å². The van der Waals surface area contributed by atoms with Crippen molar-refractivity contribution in [2.45, 2.75) is 70.3 Å². The number of nitrogens with zero attached hydrogens (tertiary/aromatic N) is 4. The third-order valence-electron chi connectivity index (χ3n) is 4.60. The molecule has 1 atom stereocenters. The molecule has 3 rings (SSSR count). The van der Waals surface area contributed by atoms with Crippen molar-refractivity contribution in [1.29, 1.82) is 0 Å². The lowest BCUT2D eigenvalue weighted by atomic mass is 9.77. The van der Waals surface area contributed by atoms with Crippen molar-refractivity contribution in [3.05, 3.63) is 11.9 Å². The molecule has 1 amide bonds. The second-order valence-corrected chi connectivity index (χ2v) is 7.62. The molecule has 7 nitrogen and oxygen atoms in total. The highest BCUT2D eigenvalue weighted by Gasteiger charge is 2.36. The minimum atomic E-state index is -0.617. The summed E-state index contributed by atoms with van der Waals surface area (Å²) in [6, 6.07) is 0. The maximum Gasteiger partial charge on any atom is 0.244 e. The van der Waals surface area contributed by atoms with E-state index in [2.05, 4.69) is 10.3 Å². The summed E-state index contributed by atoms with van der Waals surface area (Å²) >= 11 is 0. The van der Waals surface area contributed by atoms with E-state index in [4.69, 9.17) is 4.74 Å². The van der Waals surface area contributed by atoms with Crippen LogP contribution in [0.5, 0.6) is 0 Å². The maximum absolute atomic E-state index is 12.5. The lowest BCUT2D eigenvalue weighted by Crippen LogP contribution is -2.54. The zero-order chi connectivity index (χ0) is 16.7. The van der Waals surface area contributed by atoms with Gasteiger partial charge in [0.2, 0.25) is 5.91 Å². The van der Waals surface area contributed by atoms with Gasteiger partial charge in [-0.2, -0.15) is 0 Å². The molecule has 128 valence electrons. The molecular formula is C16H26N4O3. The Labute approximate surface area is 136 Å². The lowest BCUT2D eigenvalue weighted by molar-refractivity contribution is -0.158. The number of carbonyl (C=O) groups is 1. The summed E-state index contributed by atoms with van der Waals surface area (Å²) in [6.07, 6.45) is 5.01. The predicted octanol–water partition coefficient (Wildman–Crippen LogP) is 0.761. The predicted molar refractivity (Wildman–Crippen MR) is 83.7 cm³/mol. The normalized spacial score (nSPS) is 25.9. The van der Waals surface area contributed by atoms with Gasteiger partial charge in [-0.15, -0.1) is 5.10 Å². The Kier molecular flexibility index (Phi) is 4.18. The fourth-order valence-electron chi connectivity index (χ4n) is 3.48. The van der Waals surface area contributed by atoms with Crippen LogP contribution in [0, 0.1) is 0 Å². The Morgan fingerprint density at radius 1 is 1.48 bits per heavy atom. The van der Waals surface area contributed by atoms with Gasteiger partial charge in [-0.3, -0.25) is 4.79 Å². The Morgan fingerprint density at radius 2 is 2.22 bits per heavy atom. The lowest BCUT2D eigenvalue weighted by Gasteiger charge is -2.41. The van der Waals surface area contributed by atoms with Crippen molar-refractivity contribution in [2.24, 2.45) is 0 Å². The molecule has 1 aromatic rings. The molecule has 23 heavy (non-hydrogen) atoms. The molecule has 1 unspecified atom stereocenters. The first kappa shape index (κ1) is 16.4. The van der Waals surface area contributed by atoms with Gasteiger partial charge in [0.05, 0.1) is 23.0 Å². The number of aromatic nitrogens is 3. The van der Waals surface area contributed by atoms with Crippen LogP contribution in [0.4, 0.5) is 0 Å². The fraction of sp³-hybridized carbons (Fsp3) is 0.812. The van der Waals surface area contributed by atoms with Crippen molar-refractivity contribution in [3.8, 4) is 0 Å². The van der Waals surface area contributed by atoms with E-state index in [1.54, 1.807) is 10.9 Å². The van der Waals surface area contributed by atoms with Crippen LogP contribution in [0.25, 0.3) is 0 Å². The molecule has 7 heteroatoms. The monoisotopic (exact) mass is 322 g/mol. The molecule has 0 radical (unpaired) electrons. The quantitative estimate of drug-likeness (QED) is 0.885. The number of rotatable bonds is 4. The van der Waals surface area contributed by atoms with Gasteiger partial charge in [0, 0.05) is 25.7 Å². The van der Waals surface area contributed by atoms with Crippen LogP contribution in [0.3, 0.4) is 0 Å². The van der Waals surface area contributed by atoms with Gasteiger partial charge in [0.25, 0.3) is 0 Å². The Balaban J connectivity index is 1.58. The van der Waals surface area contributed by atoms with Crippen molar-refractivity contribution in [3.63, 3.8) is 0 Å². The third-order valence-corrected chi connectivity index (χ3v) is 4.60. The van der Waals surface area contributed by atoms with Crippen LogP contribution in [-0.2, 0) is 22.5 Å². The molecule has 2 fully saturated rings. The summed E-state index contributed by atoms with van der Waals surface area (Å²) in [5.74, 6) is 0.0204. The molecule has 2 aliphatic rings. The topological polar surface area (TPSA) is 80.5 Å². The van der Waals surface area contributed by atoms with Crippen molar-refractivity contribution in [2.75, 3.05) is 13.1 Å². The number of carbonyl (C=O) groups excluding carboxylic acids is 1. The van der Waals surface area contributed by atoms with E-state index in [-0.39, 0.29) is 24.2 Å². The van der Waals surface area contributed by atoms with Gasteiger partial charge in [0.1, 0.15) is 6.54 Å².